The van der Waals surface area contributed by atoms with E-state index in [4.69, 9.17) is 11.6 Å². The summed E-state index contributed by atoms with van der Waals surface area (Å²) in [6, 6.07) is 6.39. The van der Waals surface area contributed by atoms with E-state index in [9.17, 15) is 0 Å². The zero-order chi connectivity index (χ0) is 12.6. The van der Waals surface area contributed by atoms with Crippen molar-refractivity contribution in [2.45, 2.75) is 39.6 Å². The van der Waals surface area contributed by atoms with Crippen LogP contribution in [-0.2, 0) is 6.54 Å². The number of hydrogen-bond acceptors (Lipinski definition) is 1. The van der Waals surface area contributed by atoms with Gasteiger partial charge in [-0.15, -0.1) is 11.6 Å². The summed E-state index contributed by atoms with van der Waals surface area (Å²) in [7, 11) is 0. The number of aromatic nitrogens is 2. The second-order valence-corrected chi connectivity index (χ2v) is 5.74. The molecule has 1 aromatic heterocycles. The van der Waals surface area contributed by atoms with Crippen LogP contribution < -0.4 is 0 Å². The summed E-state index contributed by atoms with van der Waals surface area (Å²) in [5.74, 6) is 1.56. The minimum atomic E-state index is -0.0542. The van der Waals surface area contributed by atoms with Crippen LogP contribution in [-0.4, -0.2) is 9.55 Å². The van der Waals surface area contributed by atoms with Gasteiger partial charge in [0.2, 0.25) is 0 Å². The van der Waals surface area contributed by atoms with Gasteiger partial charge >= 0.3 is 0 Å². The van der Waals surface area contributed by atoms with Gasteiger partial charge in [-0.25, -0.2) is 4.98 Å². The molecule has 0 fully saturated rings. The predicted octanol–water partition coefficient (Wildman–Crippen LogP) is 4.30. The maximum Gasteiger partial charge on any atom is 0.127 e. The molecular weight excluding hydrogens is 232 g/mol. The van der Waals surface area contributed by atoms with Gasteiger partial charge in [-0.05, 0) is 37.5 Å². The molecule has 0 saturated carbocycles. The first-order valence-electron chi connectivity index (χ1n) is 6.10. The van der Waals surface area contributed by atoms with Gasteiger partial charge in [0.1, 0.15) is 5.82 Å². The average molecular weight is 251 g/mol. The Morgan fingerprint density at radius 1 is 1.29 bits per heavy atom. The monoisotopic (exact) mass is 250 g/mol. The third-order valence-corrected chi connectivity index (χ3v) is 3.03. The molecule has 1 atom stereocenters. The maximum atomic E-state index is 6.22. The Labute approximate surface area is 108 Å². The van der Waals surface area contributed by atoms with E-state index in [-0.39, 0.29) is 5.38 Å². The summed E-state index contributed by atoms with van der Waals surface area (Å²) in [6.07, 6.45) is 0. The van der Waals surface area contributed by atoms with Gasteiger partial charge in [-0.2, -0.15) is 0 Å². The van der Waals surface area contributed by atoms with Crippen molar-refractivity contribution in [3.05, 3.63) is 29.6 Å². The van der Waals surface area contributed by atoms with Crippen molar-refractivity contribution >= 4 is 22.6 Å². The first-order chi connectivity index (χ1) is 7.99. The van der Waals surface area contributed by atoms with Crippen LogP contribution in [0.15, 0.2) is 18.2 Å². The van der Waals surface area contributed by atoms with E-state index in [1.807, 2.05) is 6.92 Å². The smallest absolute Gasteiger partial charge is 0.127 e. The van der Waals surface area contributed by atoms with E-state index in [0.29, 0.717) is 5.92 Å². The fraction of sp³-hybridized carbons (Fsp3) is 0.500. The minimum absolute atomic E-state index is 0.0542. The molecule has 2 nitrogen and oxygen atoms in total. The van der Waals surface area contributed by atoms with E-state index in [1.54, 1.807) is 0 Å². The summed E-state index contributed by atoms with van der Waals surface area (Å²) in [5, 5.41) is -0.0542. The Morgan fingerprint density at radius 3 is 2.59 bits per heavy atom. The molecule has 1 aromatic carbocycles. The van der Waals surface area contributed by atoms with Crippen molar-refractivity contribution in [2.75, 3.05) is 0 Å². The molecule has 1 unspecified atom stereocenters. The lowest BCUT2D eigenvalue weighted by molar-refractivity contribution is 0.517. The molecule has 1 heterocycles. The molecule has 92 valence electrons. The van der Waals surface area contributed by atoms with E-state index < -0.39 is 0 Å². The van der Waals surface area contributed by atoms with Crippen molar-refractivity contribution in [1.82, 2.24) is 9.55 Å². The summed E-state index contributed by atoms with van der Waals surface area (Å²) in [4.78, 5) is 4.66. The lowest BCUT2D eigenvalue weighted by Gasteiger charge is -2.12. The number of fused-ring (bicyclic) bond motifs is 1. The molecular formula is C14H19ClN2. The Morgan fingerprint density at radius 2 is 2.00 bits per heavy atom. The lowest BCUT2D eigenvalue weighted by atomic mass is 10.2. The molecule has 0 aliphatic heterocycles. The van der Waals surface area contributed by atoms with E-state index in [2.05, 4.69) is 48.5 Å². The number of halogens is 1. The van der Waals surface area contributed by atoms with Gasteiger partial charge in [0.25, 0.3) is 0 Å². The SMILES string of the molecule is Cc1ccc2c(c1)nc(C(C)Cl)n2CC(C)C. The normalized spacial score (nSPS) is 13.5. The van der Waals surface area contributed by atoms with Crippen molar-refractivity contribution in [1.29, 1.82) is 0 Å². The number of hydrogen-bond donors (Lipinski definition) is 0. The van der Waals surface area contributed by atoms with E-state index in [1.165, 1.54) is 11.1 Å². The third kappa shape index (κ3) is 2.47. The Kier molecular flexibility index (Phi) is 3.43. The highest BCUT2D eigenvalue weighted by atomic mass is 35.5. The van der Waals surface area contributed by atoms with Crippen molar-refractivity contribution < 1.29 is 0 Å². The molecule has 3 heteroatoms. The molecule has 0 aliphatic carbocycles. The highest BCUT2D eigenvalue weighted by molar-refractivity contribution is 6.20. The van der Waals surface area contributed by atoms with Crippen LogP contribution in [0.25, 0.3) is 11.0 Å². The van der Waals surface area contributed by atoms with Crippen LogP contribution in [0, 0.1) is 12.8 Å². The van der Waals surface area contributed by atoms with Gasteiger partial charge < -0.3 is 4.57 Å². The van der Waals surface area contributed by atoms with Gasteiger partial charge in [0, 0.05) is 6.54 Å². The third-order valence-electron chi connectivity index (χ3n) is 2.84. The number of alkyl halides is 1. The van der Waals surface area contributed by atoms with Crippen LogP contribution in [0.5, 0.6) is 0 Å². The molecule has 0 saturated heterocycles. The summed E-state index contributed by atoms with van der Waals surface area (Å²) in [6.45, 7) is 9.45. The number of nitrogens with zero attached hydrogens (tertiary/aromatic N) is 2. The second kappa shape index (κ2) is 4.69. The molecule has 0 N–H and O–H groups in total. The second-order valence-electron chi connectivity index (χ2n) is 5.08. The highest BCUT2D eigenvalue weighted by Gasteiger charge is 2.15. The largest absolute Gasteiger partial charge is 0.326 e. The number of imidazole rings is 1. The molecule has 0 bridgehead atoms. The van der Waals surface area contributed by atoms with Gasteiger partial charge in [-0.3, -0.25) is 0 Å². The van der Waals surface area contributed by atoms with Crippen LogP contribution in [0.2, 0.25) is 0 Å². The highest BCUT2D eigenvalue weighted by Crippen LogP contribution is 2.26. The first-order valence-corrected chi connectivity index (χ1v) is 6.53. The summed E-state index contributed by atoms with van der Waals surface area (Å²) >= 11 is 6.22. The number of aryl methyl sites for hydroxylation is 1. The lowest BCUT2D eigenvalue weighted by Crippen LogP contribution is -2.08. The zero-order valence-corrected chi connectivity index (χ0v) is 11.6. The van der Waals surface area contributed by atoms with Crippen LogP contribution >= 0.6 is 11.6 Å². The minimum Gasteiger partial charge on any atom is -0.326 e. The summed E-state index contributed by atoms with van der Waals surface area (Å²) in [5.41, 5.74) is 3.47. The van der Waals surface area contributed by atoms with Crippen molar-refractivity contribution in [3.8, 4) is 0 Å². The Hall–Kier alpha value is -1.02. The van der Waals surface area contributed by atoms with Crippen LogP contribution in [0.1, 0.15) is 37.5 Å². The Bertz CT molecular complexity index is 526. The van der Waals surface area contributed by atoms with Crippen LogP contribution in [0.4, 0.5) is 0 Å². The predicted molar refractivity (Wildman–Crippen MR) is 73.6 cm³/mol. The van der Waals surface area contributed by atoms with E-state index in [0.717, 1.165) is 17.9 Å². The fourth-order valence-electron chi connectivity index (χ4n) is 2.12. The topological polar surface area (TPSA) is 17.8 Å². The van der Waals surface area contributed by atoms with E-state index >= 15 is 0 Å². The van der Waals surface area contributed by atoms with Gasteiger partial charge in [-0.1, -0.05) is 19.9 Å². The first kappa shape index (κ1) is 12.4. The molecule has 2 aromatic rings. The number of benzene rings is 1. The van der Waals surface area contributed by atoms with Gasteiger partial charge in [0.05, 0.1) is 16.4 Å². The van der Waals surface area contributed by atoms with Crippen LogP contribution in [0.3, 0.4) is 0 Å². The molecule has 0 radical (unpaired) electrons. The Balaban J connectivity index is 2.62. The average Bonchev–Trinajstić information content (AvgIpc) is 2.55. The molecule has 0 spiro atoms. The number of rotatable bonds is 3. The summed E-state index contributed by atoms with van der Waals surface area (Å²) < 4.78 is 2.25. The molecule has 2 rings (SSSR count). The molecule has 17 heavy (non-hydrogen) atoms. The van der Waals surface area contributed by atoms with Crippen molar-refractivity contribution in [2.24, 2.45) is 5.92 Å². The zero-order valence-electron chi connectivity index (χ0n) is 10.9. The standard InChI is InChI=1S/C14H19ClN2/c1-9(2)8-17-13-6-5-10(3)7-12(13)16-14(17)11(4)15/h5-7,9,11H,8H2,1-4H3. The van der Waals surface area contributed by atoms with Gasteiger partial charge in [0.15, 0.2) is 0 Å². The molecule has 0 aliphatic rings. The maximum absolute atomic E-state index is 6.22. The van der Waals surface area contributed by atoms with Crippen molar-refractivity contribution in [3.63, 3.8) is 0 Å². The quantitative estimate of drug-likeness (QED) is 0.743. The fourth-order valence-corrected chi connectivity index (χ4v) is 2.29. The molecule has 0 amide bonds.